The summed E-state index contributed by atoms with van der Waals surface area (Å²) >= 11 is 5.75. The van der Waals surface area contributed by atoms with Gasteiger partial charge in [-0.1, -0.05) is 11.6 Å². The number of hydrogen-bond donors (Lipinski definition) is 0. The molecule has 0 aliphatic heterocycles. The molecule has 1 atom stereocenters. The zero-order chi connectivity index (χ0) is 21.2. The van der Waals surface area contributed by atoms with Gasteiger partial charge in [0.2, 0.25) is 0 Å². The Labute approximate surface area is 161 Å². The van der Waals surface area contributed by atoms with Crippen molar-refractivity contribution in [3.63, 3.8) is 0 Å². The van der Waals surface area contributed by atoms with E-state index in [2.05, 4.69) is 5.10 Å². The van der Waals surface area contributed by atoms with Gasteiger partial charge in [0.05, 0.1) is 11.8 Å². The molecule has 0 radical (unpaired) electrons. The molecule has 2 rings (SSSR count). The lowest BCUT2D eigenvalue weighted by Gasteiger charge is -2.16. The Bertz CT molecular complexity index is 946. The standard InChI is InChI=1S/C16H14ClF4N3O4/c1-8-10(16(19,20)21)7-22-24(14(8)25)12-6-9(4-5-11(12)18)27-13(17)15(26)28-23(2)3/h4-7,13H,1-3H3. The molecule has 0 N–H and O–H groups in total. The van der Waals surface area contributed by atoms with E-state index in [1.165, 1.54) is 14.1 Å². The van der Waals surface area contributed by atoms with Crippen LogP contribution in [0.15, 0.2) is 29.2 Å². The minimum Gasteiger partial charge on any atom is -0.463 e. The van der Waals surface area contributed by atoms with E-state index < -0.39 is 45.9 Å². The molecule has 12 heteroatoms. The Balaban J connectivity index is 2.40. The van der Waals surface area contributed by atoms with Gasteiger partial charge in [0, 0.05) is 25.7 Å². The minimum atomic E-state index is -4.78. The SMILES string of the molecule is Cc1c(C(F)(F)F)cnn(-c2cc(OC(Cl)C(=O)ON(C)C)ccc2F)c1=O. The van der Waals surface area contributed by atoms with Gasteiger partial charge in [0.1, 0.15) is 17.3 Å². The number of hydrogen-bond acceptors (Lipinski definition) is 6. The van der Waals surface area contributed by atoms with Crippen LogP contribution in [0.5, 0.6) is 5.75 Å². The van der Waals surface area contributed by atoms with Gasteiger partial charge in [-0.25, -0.2) is 9.18 Å². The van der Waals surface area contributed by atoms with Gasteiger partial charge >= 0.3 is 12.1 Å². The molecule has 1 aromatic carbocycles. The number of alkyl halides is 4. The highest BCUT2D eigenvalue weighted by Crippen LogP contribution is 2.30. The molecule has 28 heavy (non-hydrogen) atoms. The number of rotatable bonds is 5. The Kier molecular flexibility index (Phi) is 6.30. The fourth-order valence-corrected chi connectivity index (χ4v) is 2.26. The van der Waals surface area contributed by atoms with Crippen molar-refractivity contribution in [2.24, 2.45) is 0 Å². The predicted molar refractivity (Wildman–Crippen MR) is 89.6 cm³/mol. The van der Waals surface area contributed by atoms with Crippen LogP contribution in [0.2, 0.25) is 0 Å². The summed E-state index contributed by atoms with van der Waals surface area (Å²) in [5, 5.41) is 4.46. The van der Waals surface area contributed by atoms with Gasteiger partial charge in [0.15, 0.2) is 0 Å². The fraction of sp³-hybridized carbons (Fsp3) is 0.312. The van der Waals surface area contributed by atoms with Gasteiger partial charge in [-0.2, -0.15) is 23.0 Å². The lowest BCUT2D eigenvalue weighted by molar-refractivity contribution is -0.182. The average molecular weight is 424 g/mol. The molecule has 0 saturated heterocycles. The van der Waals surface area contributed by atoms with Crippen molar-refractivity contribution >= 4 is 17.6 Å². The third-order valence-corrected chi connectivity index (χ3v) is 3.64. The lowest BCUT2D eigenvalue weighted by atomic mass is 10.2. The number of hydroxylamine groups is 2. The molecule has 0 saturated carbocycles. The van der Waals surface area contributed by atoms with Crippen LogP contribution in [-0.2, 0) is 15.8 Å². The molecule has 1 aromatic heterocycles. The highest BCUT2D eigenvalue weighted by molar-refractivity contribution is 6.28. The summed E-state index contributed by atoms with van der Waals surface area (Å²) in [4.78, 5) is 28.6. The second-order valence-corrected chi connectivity index (χ2v) is 6.06. The summed E-state index contributed by atoms with van der Waals surface area (Å²) in [5.74, 6) is -2.06. The van der Waals surface area contributed by atoms with E-state index in [-0.39, 0.29) is 5.75 Å². The van der Waals surface area contributed by atoms with Crippen molar-refractivity contribution in [2.45, 2.75) is 18.7 Å². The normalized spacial score (nSPS) is 12.8. The van der Waals surface area contributed by atoms with E-state index >= 15 is 0 Å². The Morgan fingerprint density at radius 1 is 1.32 bits per heavy atom. The monoisotopic (exact) mass is 423 g/mol. The number of aromatic nitrogens is 2. The second kappa shape index (κ2) is 8.15. The maximum absolute atomic E-state index is 14.2. The van der Waals surface area contributed by atoms with Crippen molar-refractivity contribution in [1.82, 2.24) is 14.8 Å². The molecule has 152 valence electrons. The van der Waals surface area contributed by atoms with Crippen LogP contribution >= 0.6 is 11.6 Å². The highest BCUT2D eigenvalue weighted by Gasteiger charge is 2.34. The second-order valence-electron chi connectivity index (χ2n) is 5.67. The molecule has 1 unspecified atom stereocenters. The maximum atomic E-state index is 14.2. The molecule has 7 nitrogen and oxygen atoms in total. The average Bonchev–Trinajstić information content (AvgIpc) is 2.57. The fourth-order valence-electron chi connectivity index (χ4n) is 2.11. The maximum Gasteiger partial charge on any atom is 0.418 e. The quantitative estimate of drug-likeness (QED) is 0.418. The van der Waals surface area contributed by atoms with Crippen molar-refractivity contribution in [1.29, 1.82) is 0 Å². The first kappa shape index (κ1) is 21.6. The van der Waals surface area contributed by atoms with Crippen LogP contribution in [0.3, 0.4) is 0 Å². The van der Waals surface area contributed by atoms with Gasteiger partial charge in [0.25, 0.3) is 11.1 Å². The summed E-state index contributed by atoms with van der Waals surface area (Å²) in [6.45, 7) is 0.952. The number of halogens is 5. The molecule has 0 fully saturated rings. The van der Waals surface area contributed by atoms with Crippen LogP contribution in [0, 0.1) is 12.7 Å². The van der Waals surface area contributed by atoms with Crippen molar-refractivity contribution in [3.8, 4) is 11.4 Å². The first-order valence-electron chi connectivity index (χ1n) is 7.57. The molecule has 0 spiro atoms. The van der Waals surface area contributed by atoms with Gasteiger partial charge in [-0.05, 0) is 19.1 Å². The van der Waals surface area contributed by atoms with Crippen LogP contribution in [0.1, 0.15) is 11.1 Å². The Hall–Kier alpha value is -2.66. The van der Waals surface area contributed by atoms with E-state index in [1.54, 1.807) is 0 Å². The Morgan fingerprint density at radius 2 is 1.96 bits per heavy atom. The number of benzene rings is 1. The first-order chi connectivity index (χ1) is 12.9. The summed E-state index contributed by atoms with van der Waals surface area (Å²) in [6.07, 6.45) is -4.36. The van der Waals surface area contributed by atoms with Crippen molar-refractivity contribution in [2.75, 3.05) is 14.1 Å². The minimum absolute atomic E-state index is 0.140. The molecule has 0 bridgehead atoms. The third kappa shape index (κ3) is 4.78. The molecular weight excluding hydrogens is 410 g/mol. The predicted octanol–water partition coefficient (Wildman–Crippen LogP) is 2.66. The van der Waals surface area contributed by atoms with E-state index in [9.17, 15) is 27.2 Å². The van der Waals surface area contributed by atoms with Crippen LogP contribution < -0.4 is 10.3 Å². The van der Waals surface area contributed by atoms with E-state index in [1.807, 2.05) is 0 Å². The van der Waals surface area contributed by atoms with Crippen LogP contribution in [0.25, 0.3) is 5.69 Å². The van der Waals surface area contributed by atoms with Crippen molar-refractivity contribution < 1.29 is 31.9 Å². The summed E-state index contributed by atoms with van der Waals surface area (Å²) in [7, 11) is 2.87. The molecule has 0 aliphatic rings. The third-order valence-electron chi connectivity index (χ3n) is 3.37. The van der Waals surface area contributed by atoms with E-state index in [0.29, 0.717) is 10.9 Å². The summed E-state index contributed by atoms with van der Waals surface area (Å²) in [6, 6.07) is 2.96. The summed E-state index contributed by atoms with van der Waals surface area (Å²) < 4.78 is 58.3. The number of ether oxygens (including phenoxy) is 1. The van der Waals surface area contributed by atoms with Crippen molar-refractivity contribution in [3.05, 3.63) is 51.7 Å². The number of carbonyl (C=O) groups excluding carboxylic acids is 1. The van der Waals surface area contributed by atoms with Crippen LogP contribution in [-0.4, -0.2) is 40.5 Å². The summed E-state index contributed by atoms with van der Waals surface area (Å²) in [5.41, 5.74) is -5.13. The number of nitrogens with zero attached hydrogens (tertiary/aromatic N) is 3. The molecular formula is C16H14ClF4N3O4. The van der Waals surface area contributed by atoms with Gasteiger partial charge < -0.3 is 9.57 Å². The molecule has 1 heterocycles. The van der Waals surface area contributed by atoms with Crippen LogP contribution in [0.4, 0.5) is 17.6 Å². The highest BCUT2D eigenvalue weighted by atomic mass is 35.5. The molecule has 0 amide bonds. The smallest absolute Gasteiger partial charge is 0.418 e. The van der Waals surface area contributed by atoms with Gasteiger partial charge in [-0.15, -0.1) is 5.06 Å². The zero-order valence-corrected chi connectivity index (χ0v) is 15.5. The van der Waals surface area contributed by atoms with E-state index in [0.717, 1.165) is 30.2 Å². The number of carbonyl (C=O) groups is 1. The van der Waals surface area contributed by atoms with E-state index in [4.69, 9.17) is 21.2 Å². The topological polar surface area (TPSA) is 73.7 Å². The molecule has 0 aliphatic carbocycles. The lowest BCUT2D eigenvalue weighted by Crippen LogP contribution is -2.29. The molecule has 2 aromatic rings. The Morgan fingerprint density at radius 3 is 2.54 bits per heavy atom. The van der Waals surface area contributed by atoms with Gasteiger partial charge in [-0.3, -0.25) is 4.79 Å². The largest absolute Gasteiger partial charge is 0.463 e. The first-order valence-corrected chi connectivity index (χ1v) is 8.01. The zero-order valence-electron chi connectivity index (χ0n) is 14.8.